The molecule has 0 spiro atoms. The second kappa shape index (κ2) is 7.54. The first-order valence-corrected chi connectivity index (χ1v) is 8.84. The average molecular weight is 364 g/mol. The Balaban J connectivity index is 2.25. The number of carbonyl (C=O) groups excluding carboxylic acids is 1. The Labute approximate surface area is 146 Å². The van der Waals surface area contributed by atoms with Gasteiger partial charge in [0.15, 0.2) is 0 Å². The molecule has 0 unspecified atom stereocenters. The van der Waals surface area contributed by atoms with E-state index in [1.54, 1.807) is 19.1 Å². The first-order chi connectivity index (χ1) is 11.7. The summed E-state index contributed by atoms with van der Waals surface area (Å²) < 4.78 is 36.1. The molecule has 0 aliphatic rings. The Kier molecular flexibility index (Phi) is 5.66. The summed E-state index contributed by atoms with van der Waals surface area (Å²) in [5, 5.41) is 2.61. The predicted molar refractivity (Wildman–Crippen MR) is 95.0 cm³/mol. The Morgan fingerprint density at radius 1 is 1.24 bits per heavy atom. The van der Waals surface area contributed by atoms with Gasteiger partial charge in [0.2, 0.25) is 15.9 Å². The molecule has 1 aromatic carbocycles. The van der Waals surface area contributed by atoms with E-state index in [-0.39, 0.29) is 10.6 Å². The van der Waals surface area contributed by atoms with Gasteiger partial charge >= 0.3 is 0 Å². The van der Waals surface area contributed by atoms with Gasteiger partial charge in [0.1, 0.15) is 17.3 Å². The fourth-order valence-electron chi connectivity index (χ4n) is 2.03. The molecule has 0 radical (unpaired) electrons. The number of ether oxygens (including phenoxy) is 1. The molecule has 8 heteroatoms. The van der Waals surface area contributed by atoms with Crippen molar-refractivity contribution in [3.63, 3.8) is 0 Å². The van der Waals surface area contributed by atoms with E-state index in [1.165, 1.54) is 51.6 Å². The molecule has 2 rings (SSSR count). The van der Waals surface area contributed by atoms with E-state index < -0.39 is 15.9 Å². The Hall–Kier alpha value is -2.58. The molecule has 7 nitrogen and oxygen atoms in total. The van der Waals surface area contributed by atoms with Crippen LogP contribution >= 0.6 is 0 Å². The van der Waals surface area contributed by atoms with Gasteiger partial charge in [-0.05, 0) is 43.3 Å². The Morgan fingerprint density at radius 3 is 2.52 bits per heavy atom. The van der Waals surface area contributed by atoms with Crippen LogP contribution in [0.1, 0.15) is 11.5 Å². The van der Waals surface area contributed by atoms with Crippen molar-refractivity contribution in [1.29, 1.82) is 0 Å². The van der Waals surface area contributed by atoms with Gasteiger partial charge in [0.05, 0.1) is 17.7 Å². The van der Waals surface area contributed by atoms with Gasteiger partial charge in [-0.2, -0.15) is 0 Å². The number of hydrogen-bond donors (Lipinski definition) is 1. The molecule has 0 saturated heterocycles. The van der Waals surface area contributed by atoms with Crippen LogP contribution in [0.3, 0.4) is 0 Å². The van der Waals surface area contributed by atoms with Crippen molar-refractivity contribution in [2.45, 2.75) is 11.8 Å². The average Bonchev–Trinajstić information content (AvgIpc) is 2.98. The Morgan fingerprint density at radius 2 is 1.96 bits per heavy atom. The van der Waals surface area contributed by atoms with Crippen molar-refractivity contribution in [3.05, 3.63) is 47.9 Å². The number of hydrogen-bond acceptors (Lipinski definition) is 5. The monoisotopic (exact) mass is 364 g/mol. The molecule has 0 saturated carbocycles. The fourth-order valence-corrected chi connectivity index (χ4v) is 2.96. The summed E-state index contributed by atoms with van der Waals surface area (Å²) in [5.74, 6) is 1.20. The van der Waals surface area contributed by atoms with Crippen molar-refractivity contribution < 1.29 is 22.4 Å². The van der Waals surface area contributed by atoms with Crippen LogP contribution in [0.4, 0.5) is 5.69 Å². The maximum Gasteiger partial charge on any atom is 0.248 e. The zero-order valence-corrected chi connectivity index (χ0v) is 15.3. The lowest BCUT2D eigenvalue weighted by Gasteiger charge is -2.14. The molecule has 0 atom stereocenters. The minimum absolute atomic E-state index is 0.0549. The van der Waals surface area contributed by atoms with E-state index in [4.69, 9.17) is 9.15 Å². The van der Waals surface area contributed by atoms with Gasteiger partial charge in [-0.15, -0.1) is 0 Å². The van der Waals surface area contributed by atoms with Gasteiger partial charge < -0.3 is 14.5 Å². The number of furan rings is 1. The number of sulfonamides is 1. The number of carbonyl (C=O) groups is 1. The molecule has 0 fully saturated rings. The van der Waals surface area contributed by atoms with Crippen LogP contribution in [0.2, 0.25) is 0 Å². The van der Waals surface area contributed by atoms with Crippen molar-refractivity contribution in [2.24, 2.45) is 0 Å². The highest BCUT2D eigenvalue weighted by Crippen LogP contribution is 2.28. The van der Waals surface area contributed by atoms with E-state index in [0.29, 0.717) is 11.5 Å². The number of amides is 1. The molecule has 1 N–H and O–H groups in total. The first kappa shape index (κ1) is 18.8. The summed E-state index contributed by atoms with van der Waals surface area (Å²) in [6.07, 6.45) is 2.82. The van der Waals surface area contributed by atoms with Gasteiger partial charge in [-0.25, -0.2) is 12.7 Å². The number of anilines is 1. The number of methoxy groups -OCH3 is 1. The highest BCUT2D eigenvalue weighted by atomic mass is 32.2. The summed E-state index contributed by atoms with van der Waals surface area (Å²) in [4.78, 5) is 12.2. The predicted octanol–water partition coefficient (Wildman–Crippen LogP) is 2.50. The number of rotatable bonds is 6. The highest BCUT2D eigenvalue weighted by molar-refractivity contribution is 7.89. The fraction of sp³-hybridized carbons (Fsp3) is 0.235. The van der Waals surface area contributed by atoms with Gasteiger partial charge in [-0.1, -0.05) is 0 Å². The quantitative estimate of drug-likeness (QED) is 0.796. The second-order valence-corrected chi connectivity index (χ2v) is 7.57. The molecule has 0 aliphatic carbocycles. The third-order valence-corrected chi connectivity index (χ3v) is 5.18. The van der Waals surface area contributed by atoms with Crippen LogP contribution in [0.15, 0.2) is 45.7 Å². The molecule has 1 heterocycles. The first-order valence-electron chi connectivity index (χ1n) is 7.40. The molecule has 2 aromatic rings. The third kappa shape index (κ3) is 4.49. The van der Waals surface area contributed by atoms with Gasteiger partial charge in [0.25, 0.3) is 0 Å². The molecule has 25 heavy (non-hydrogen) atoms. The summed E-state index contributed by atoms with van der Waals surface area (Å²) in [5.41, 5.74) is 0.260. The van der Waals surface area contributed by atoms with E-state index >= 15 is 0 Å². The normalized spacial score (nSPS) is 11.9. The summed E-state index contributed by atoms with van der Waals surface area (Å²) in [6.45, 7) is 1.80. The van der Waals surface area contributed by atoms with Crippen molar-refractivity contribution in [1.82, 2.24) is 4.31 Å². The second-order valence-electron chi connectivity index (χ2n) is 5.42. The summed E-state index contributed by atoms with van der Waals surface area (Å²) >= 11 is 0. The zero-order chi connectivity index (χ0) is 18.6. The van der Waals surface area contributed by atoms with E-state index in [2.05, 4.69) is 5.32 Å². The van der Waals surface area contributed by atoms with Crippen LogP contribution < -0.4 is 10.1 Å². The molecule has 0 bridgehead atoms. The largest absolute Gasteiger partial charge is 0.495 e. The standard InChI is InChI=1S/C17H20N2O5S/c1-12-5-6-13(24-12)7-10-17(20)18-15-11-14(8-9-16(15)23-4)25(21,22)19(2)3/h5-11H,1-4H3,(H,18,20)/b10-7+. The maximum absolute atomic E-state index is 12.2. The van der Waals surface area contributed by atoms with Crippen LogP contribution in [0, 0.1) is 6.92 Å². The van der Waals surface area contributed by atoms with Crippen molar-refractivity contribution in [2.75, 3.05) is 26.5 Å². The van der Waals surface area contributed by atoms with E-state index in [1.807, 2.05) is 0 Å². The lowest BCUT2D eigenvalue weighted by atomic mass is 10.3. The highest BCUT2D eigenvalue weighted by Gasteiger charge is 2.19. The minimum atomic E-state index is -3.62. The lowest BCUT2D eigenvalue weighted by Crippen LogP contribution is -2.22. The van der Waals surface area contributed by atoms with Gasteiger partial charge in [0, 0.05) is 20.2 Å². The lowest BCUT2D eigenvalue weighted by molar-refractivity contribution is -0.111. The number of benzene rings is 1. The van der Waals surface area contributed by atoms with Crippen LogP contribution in [-0.2, 0) is 14.8 Å². The van der Waals surface area contributed by atoms with Crippen LogP contribution in [-0.4, -0.2) is 39.8 Å². The minimum Gasteiger partial charge on any atom is -0.495 e. The summed E-state index contributed by atoms with van der Waals surface area (Å²) in [7, 11) is 0.691. The van der Waals surface area contributed by atoms with E-state index in [9.17, 15) is 13.2 Å². The van der Waals surface area contributed by atoms with Gasteiger partial charge in [-0.3, -0.25) is 4.79 Å². The third-order valence-electron chi connectivity index (χ3n) is 3.37. The number of nitrogens with one attached hydrogen (secondary N) is 1. The van der Waals surface area contributed by atoms with Crippen LogP contribution in [0.25, 0.3) is 6.08 Å². The van der Waals surface area contributed by atoms with Crippen molar-refractivity contribution in [3.8, 4) is 5.75 Å². The number of aryl methyl sites for hydroxylation is 1. The van der Waals surface area contributed by atoms with Crippen LogP contribution in [0.5, 0.6) is 5.75 Å². The zero-order valence-electron chi connectivity index (χ0n) is 14.4. The van der Waals surface area contributed by atoms with Crippen molar-refractivity contribution >= 4 is 27.7 Å². The SMILES string of the molecule is COc1ccc(S(=O)(=O)N(C)C)cc1NC(=O)/C=C/c1ccc(C)o1. The van der Waals surface area contributed by atoms with E-state index in [0.717, 1.165) is 10.1 Å². The number of nitrogens with zero attached hydrogens (tertiary/aromatic N) is 1. The molecule has 134 valence electrons. The Bertz CT molecular complexity index is 898. The smallest absolute Gasteiger partial charge is 0.248 e. The molecule has 1 aromatic heterocycles. The molecule has 0 aliphatic heterocycles. The summed E-state index contributed by atoms with van der Waals surface area (Å²) in [6, 6.07) is 7.80. The molecule has 1 amide bonds. The molecular weight excluding hydrogens is 344 g/mol. The maximum atomic E-state index is 12.2. The topological polar surface area (TPSA) is 88.9 Å². The molecular formula is C17H20N2O5S.